The number of hydrogen-bond donors (Lipinski definition) is 4. The van der Waals surface area contributed by atoms with E-state index in [2.05, 4.69) is 47.4 Å². The molecule has 10 nitrogen and oxygen atoms in total. The zero-order valence-electron chi connectivity index (χ0n) is 18.1. The quantitative estimate of drug-likeness (QED) is 0.373. The number of pyridine rings is 2. The Kier molecular flexibility index (Phi) is 5.49. The Balaban J connectivity index is 1.33. The number of anilines is 4. The van der Waals surface area contributed by atoms with E-state index in [1.54, 1.807) is 18.6 Å². The van der Waals surface area contributed by atoms with Gasteiger partial charge in [-0.2, -0.15) is 0 Å². The molecule has 168 valence electrons. The number of H-pyrrole nitrogens is 2. The van der Waals surface area contributed by atoms with Crippen molar-refractivity contribution in [1.82, 2.24) is 24.8 Å². The van der Waals surface area contributed by atoms with Gasteiger partial charge < -0.3 is 30.4 Å². The van der Waals surface area contributed by atoms with Crippen LogP contribution in [0.2, 0.25) is 0 Å². The molecule has 1 aliphatic rings. The summed E-state index contributed by atoms with van der Waals surface area (Å²) >= 11 is 0. The first-order chi connectivity index (χ1) is 16.1. The number of fused-ring (bicyclic) bond motifs is 1. The van der Waals surface area contributed by atoms with Crippen molar-refractivity contribution in [2.75, 3.05) is 48.8 Å². The Morgan fingerprint density at radius 3 is 2.58 bits per heavy atom. The van der Waals surface area contributed by atoms with E-state index in [0.717, 1.165) is 37.4 Å². The minimum Gasteiger partial charge on any atom is -0.369 e. The van der Waals surface area contributed by atoms with Gasteiger partial charge in [0.25, 0.3) is 11.5 Å². The second-order valence-electron chi connectivity index (χ2n) is 8.01. The largest absolute Gasteiger partial charge is 0.369 e. The van der Waals surface area contributed by atoms with Gasteiger partial charge in [-0.3, -0.25) is 9.59 Å². The van der Waals surface area contributed by atoms with Crippen LogP contribution in [0.4, 0.5) is 22.7 Å². The van der Waals surface area contributed by atoms with Crippen LogP contribution in [0.1, 0.15) is 10.4 Å². The number of hydrogen-bond acceptors (Lipinski definition) is 7. The molecule has 10 heteroatoms. The van der Waals surface area contributed by atoms with Gasteiger partial charge in [-0.1, -0.05) is 0 Å². The van der Waals surface area contributed by atoms with Crippen molar-refractivity contribution >= 4 is 39.8 Å². The molecule has 1 aliphatic heterocycles. The number of nitrogens with zero attached hydrogens (tertiary/aromatic N) is 4. The minimum absolute atomic E-state index is 0.00893. The molecule has 4 heterocycles. The number of likely N-dealkylation sites (N-methyl/N-ethyl adjacent to an activating group) is 1. The highest BCUT2D eigenvalue weighted by Crippen LogP contribution is 2.23. The van der Waals surface area contributed by atoms with Gasteiger partial charge in [-0.25, -0.2) is 9.97 Å². The maximum Gasteiger partial charge on any atom is 0.263 e. The second-order valence-corrected chi connectivity index (χ2v) is 8.01. The van der Waals surface area contributed by atoms with E-state index in [1.807, 2.05) is 30.3 Å². The lowest BCUT2D eigenvalue weighted by molar-refractivity contribution is 0.102. The fourth-order valence-corrected chi connectivity index (χ4v) is 3.88. The molecule has 4 aromatic rings. The van der Waals surface area contributed by atoms with Crippen molar-refractivity contribution in [1.29, 1.82) is 0 Å². The van der Waals surface area contributed by atoms with E-state index in [0.29, 0.717) is 22.7 Å². The monoisotopic (exact) mass is 444 g/mol. The average molecular weight is 444 g/mol. The molecule has 1 fully saturated rings. The molecule has 1 aromatic carbocycles. The van der Waals surface area contributed by atoms with Gasteiger partial charge in [-0.15, -0.1) is 0 Å². The zero-order chi connectivity index (χ0) is 22.8. The van der Waals surface area contributed by atoms with Crippen LogP contribution in [0.15, 0.2) is 59.9 Å². The summed E-state index contributed by atoms with van der Waals surface area (Å²) in [5.41, 5.74) is 3.58. The second kappa shape index (κ2) is 8.75. The number of carbonyl (C=O) groups excluding carboxylic acids is 1. The third-order valence-corrected chi connectivity index (χ3v) is 5.73. The van der Waals surface area contributed by atoms with E-state index in [9.17, 15) is 9.59 Å². The number of amides is 1. The average Bonchev–Trinajstić information content (AvgIpc) is 3.28. The summed E-state index contributed by atoms with van der Waals surface area (Å²) in [6.07, 6.45) is 4.65. The van der Waals surface area contributed by atoms with Crippen LogP contribution in [-0.2, 0) is 0 Å². The van der Waals surface area contributed by atoms with Crippen LogP contribution in [0, 0.1) is 0 Å². The molecule has 0 atom stereocenters. The van der Waals surface area contributed by atoms with Gasteiger partial charge in [0.15, 0.2) is 5.65 Å². The van der Waals surface area contributed by atoms with Crippen LogP contribution in [0.5, 0.6) is 0 Å². The first-order valence-electron chi connectivity index (χ1n) is 10.7. The van der Waals surface area contributed by atoms with E-state index in [1.165, 1.54) is 6.20 Å². The number of imidazole rings is 1. The van der Waals surface area contributed by atoms with Crippen LogP contribution >= 0.6 is 0 Å². The molecule has 0 spiro atoms. The van der Waals surface area contributed by atoms with Crippen molar-refractivity contribution in [3.8, 4) is 0 Å². The summed E-state index contributed by atoms with van der Waals surface area (Å²) in [5, 5.41) is 5.95. The van der Waals surface area contributed by atoms with Crippen molar-refractivity contribution in [3.63, 3.8) is 0 Å². The maximum absolute atomic E-state index is 13.0. The molecule has 0 saturated carbocycles. The topological polar surface area (TPSA) is 122 Å². The maximum atomic E-state index is 13.0. The highest BCUT2D eigenvalue weighted by molar-refractivity contribution is 6.08. The molecule has 3 aromatic heterocycles. The molecule has 0 radical (unpaired) electrons. The van der Waals surface area contributed by atoms with Crippen molar-refractivity contribution in [2.24, 2.45) is 0 Å². The van der Waals surface area contributed by atoms with Gasteiger partial charge in [0.1, 0.15) is 5.56 Å². The third-order valence-electron chi connectivity index (χ3n) is 5.73. The Morgan fingerprint density at radius 2 is 1.79 bits per heavy atom. The van der Waals surface area contributed by atoms with E-state index >= 15 is 0 Å². The highest BCUT2D eigenvalue weighted by Gasteiger charge is 2.18. The predicted octanol–water partition coefficient (Wildman–Crippen LogP) is 2.39. The lowest BCUT2D eigenvalue weighted by Gasteiger charge is -2.34. The van der Waals surface area contributed by atoms with Crippen molar-refractivity contribution < 1.29 is 4.79 Å². The van der Waals surface area contributed by atoms with Crippen molar-refractivity contribution in [2.45, 2.75) is 0 Å². The summed E-state index contributed by atoms with van der Waals surface area (Å²) in [5.74, 6) is -0.498. The van der Waals surface area contributed by atoms with Gasteiger partial charge in [-0.05, 0) is 43.4 Å². The molecule has 1 amide bonds. The summed E-state index contributed by atoms with van der Waals surface area (Å²) < 4.78 is 0. The summed E-state index contributed by atoms with van der Waals surface area (Å²) in [7, 11) is 2.12. The van der Waals surface area contributed by atoms with Crippen LogP contribution < -0.4 is 21.1 Å². The van der Waals surface area contributed by atoms with Crippen LogP contribution in [0.3, 0.4) is 0 Å². The van der Waals surface area contributed by atoms with E-state index < -0.39 is 11.5 Å². The fourth-order valence-electron chi connectivity index (χ4n) is 3.88. The predicted molar refractivity (Wildman–Crippen MR) is 128 cm³/mol. The Bertz CT molecular complexity index is 1340. The number of nitrogens with one attached hydrogen (secondary N) is 4. The highest BCUT2D eigenvalue weighted by atomic mass is 16.2. The SMILES string of the molecule is CN1CCN(c2ccc(NC(=O)c3c(Nc4cnc5nc[nH]c5c4)cc[nH]c3=O)cc2)CC1. The Hall–Kier alpha value is -4.18. The Morgan fingerprint density at radius 1 is 1.00 bits per heavy atom. The van der Waals surface area contributed by atoms with Gasteiger partial charge in [0.2, 0.25) is 0 Å². The Labute approximate surface area is 189 Å². The third kappa shape index (κ3) is 4.41. The lowest BCUT2D eigenvalue weighted by atomic mass is 10.2. The van der Waals surface area contributed by atoms with Gasteiger partial charge in [0.05, 0.1) is 29.4 Å². The molecule has 5 rings (SSSR count). The van der Waals surface area contributed by atoms with Crippen LogP contribution in [0.25, 0.3) is 11.2 Å². The molecular weight excluding hydrogens is 420 g/mol. The molecule has 0 unspecified atom stereocenters. The van der Waals surface area contributed by atoms with Gasteiger partial charge in [0, 0.05) is 43.8 Å². The fraction of sp³-hybridized carbons (Fsp3) is 0.217. The molecule has 1 saturated heterocycles. The number of aromatic amines is 2. The number of aromatic nitrogens is 4. The molecule has 0 aliphatic carbocycles. The standard InChI is InChI=1S/C23H24N8O2/c1-30-8-10-31(11-9-30)17-4-2-15(3-5-17)29-23(33)20-18(6-7-24-22(20)32)28-16-12-19-21(25-13-16)27-14-26-19/h2-7,12-14H,8-11H2,1H3,(H,29,33)(H2,24,28,32)(H,25,26,27). The summed E-state index contributed by atoms with van der Waals surface area (Å²) in [6, 6.07) is 11.1. The summed E-state index contributed by atoms with van der Waals surface area (Å²) in [4.78, 5) is 44.1. The van der Waals surface area contributed by atoms with E-state index in [-0.39, 0.29) is 5.56 Å². The minimum atomic E-state index is -0.498. The molecule has 33 heavy (non-hydrogen) atoms. The first-order valence-corrected chi connectivity index (χ1v) is 10.7. The lowest BCUT2D eigenvalue weighted by Crippen LogP contribution is -2.44. The summed E-state index contributed by atoms with van der Waals surface area (Å²) in [6.45, 7) is 3.98. The number of benzene rings is 1. The van der Waals surface area contributed by atoms with Gasteiger partial charge >= 0.3 is 0 Å². The number of piperazine rings is 1. The van der Waals surface area contributed by atoms with Crippen LogP contribution in [-0.4, -0.2) is 64.0 Å². The normalized spacial score (nSPS) is 14.4. The zero-order valence-corrected chi connectivity index (χ0v) is 18.1. The smallest absolute Gasteiger partial charge is 0.263 e. The number of rotatable bonds is 5. The van der Waals surface area contributed by atoms with Crippen molar-refractivity contribution in [3.05, 3.63) is 71.0 Å². The molecule has 4 N–H and O–H groups in total. The molecule has 0 bridgehead atoms. The van der Waals surface area contributed by atoms with E-state index in [4.69, 9.17) is 0 Å². The number of carbonyl (C=O) groups is 1. The molecular formula is C23H24N8O2. The first kappa shape index (κ1) is 20.7.